The summed E-state index contributed by atoms with van der Waals surface area (Å²) in [5, 5.41) is 13.7. The Balaban J connectivity index is 1.27. The normalized spacial score (nSPS) is 22.7. The van der Waals surface area contributed by atoms with Gasteiger partial charge in [0.2, 0.25) is 0 Å². The number of aliphatic hydroxyl groups excluding tert-OH is 1. The lowest BCUT2D eigenvalue weighted by Crippen LogP contribution is -2.45. The summed E-state index contributed by atoms with van der Waals surface area (Å²) in [6.45, 7) is 1.78. The van der Waals surface area contributed by atoms with Crippen molar-refractivity contribution in [2.45, 2.75) is 44.1 Å². The zero-order chi connectivity index (χ0) is 25.1. The molecule has 0 bridgehead atoms. The quantitative estimate of drug-likeness (QED) is 0.418. The zero-order valence-electron chi connectivity index (χ0n) is 19.8. The van der Waals surface area contributed by atoms with Gasteiger partial charge in [-0.25, -0.2) is 13.8 Å². The summed E-state index contributed by atoms with van der Waals surface area (Å²) >= 11 is 2.24. The van der Waals surface area contributed by atoms with Gasteiger partial charge in [0, 0.05) is 61.2 Å². The molecule has 7 nitrogen and oxygen atoms in total. The topological polar surface area (TPSA) is 73.1 Å². The number of halogens is 3. The third-order valence-corrected chi connectivity index (χ3v) is 8.65. The summed E-state index contributed by atoms with van der Waals surface area (Å²) < 4.78 is 30.3. The van der Waals surface area contributed by atoms with Gasteiger partial charge in [0.15, 0.2) is 5.65 Å². The Morgan fingerprint density at radius 2 is 1.81 bits per heavy atom. The molecule has 2 aromatic heterocycles. The molecule has 1 amide bonds. The van der Waals surface area contributed by atoms with Gasteiger partial charge >= 0.3 is 0 Å². The maximum Gasteiger partial charge on any atom is 0.257 e. The molecule has 2 N–H and O–H groups in total. The van der Waals surface area contributed by atoms with Gasteiger partial charge in [-0.15, -0.1) is 0 Å². The molecule has 190 valence electrons. The summed E-state index contributed by atoms with van der Waals surface area (Å²) in [5.74, 6) is -2.89. The maximum absolute atomic E-state index is 13.8. The average molecular weight is 607 g/mol. The minimum absolute atomic E-state index is 0.0793. The number of hydrogen-bond acceptors (Lipinski definition) is 5. The fraction of sp³-hybridized carbons (Fsp3) is 0.462. The highest BCUT2D eigenvalue weighted by Gasteiger charge is 2.51. The SMILES string of the molecule is O=C(Nc1cc(N2CCC(F)(F)CC2)c2nccn2c1)c1ccc(I)cc1N1CCC2(CC2)C(O)C1. The van der Waals surface area contributed by atoms with Crippen molar-refractivity contribution in [1.82, 2.24) is 9.38 Å². The Labute approximate surface area is 221 Å². The second-order valence-electron chi connectivity index (χ2n) is 10.3. The van der Waals surface area contributed by atoms with Gasteiger partial charge in [-0.1, -0.05) is 0 Å². The zero-order valence-corrected chi connectivity index (χ0v) is 21.9. The van der Waals surface area contributed by atoms with Gasteiger partial charge in [0.05, 0.1) is 28.7 Å². The summed E-state index contributed by atoms with van der Waals surface area (Å²) in [5.41, 5.74) is 3.40. The number of carbonyl (C=O) groups is 1. The lowest BCUT2D eigenvalue weighted by Gasteiger charge is -2.38. The number of amides is 1. The summed E-state index contributed by atoms with van der Waals surface area (Å²) in [6, 6.07) is 7.53. The van der Waals surface area contributed by atoms with Gasteiger partial charge in [-0.2, -0.15) is 0 Å². The molecule has 3 aromatic rings. The molecule has 1 atom stereocenters. The number of aromatic nitrogens is 2. The second kappa shape index (κ2) is 8.83. The van der Waals surface area contributed by atoms with Crippen LogP contribution in [-0.4, -0.2) is 58.6 Å². The van der Waals surface area contributed by atoms with E-state index in [1.807, 2.05) is 33.6 Å². The second-order valence-corrected chi connectivity index (χ2v) is 11.6. The van der Waals surface area contributed by atoms with E-state index in [0.717, 1.165) is 40.8 Å². The predicted molar refractivity (Wildman–Crippen MR) is 143 cm³/mol. The highest BCUT2D eigenvalue weighted by molar-refractivity contribution is 14.1. The minimum Gasteiger partial charge on any atom is -0.391 e. The van der Waals surface area contributed by atoms with Crippen LogP contribution >= 0.6 is 22.6 Å². The molecule has 0 radical (unpaired) electrons. The van der Waals surface area contributed by atoms with Crippen LogP contribution in [0.1, 0.15) is 42.5 Å². The lowest BCUT2D eigenvalue weighted by molar-refractivity contribution is -0.0220. The van der Waals surface area contributed by atoms with E-state index in [1.165, 1.54) is 0 Å². The molecule has 1 unspecified atom stereocenters. The molecule has 4 heterocycles. The molecule has 1 aromatic carbocycles. The number of aliphatic hydroxyl groups is 1. The number of imidazole rings is 1. The Bertz CT molecular complexity index is 1310. The number of nitrogens with one attached hydrogen (secondary N) is 1. The number of carbonyl (C=O) groups excluding carboxylic acids is 1. The Hall–Kier alpha value is -2.47. The van der Waals surface area contributed by atoms with E-state index < -0.39 is 5.92 Å². The molecule has 2 saturated heterocycles. The van der Waals surface area contributed by atoms with Crippen LogP contribution in [0.15, 0.2) is 42.9 Å². The van der Waals surface area contributed by atoms with Crippen LogP contribution < -0.4 is 15.1 Å². The Morgan fingerprint density at radius 1 is 1.06 bits per heavy atom. The van der Waals surface area contributed by atoms with Crippen LogP contribution in [-0.2, 0) is 0 Å². The van der Waals surface area contributed by atoms with Gasteiger partial charge in [-0.05, 0) is 71.5 Å². The van der Waals surface area contributed by atoms with E-state index in [1.54, 1.807) is 18.6 Å². The molecular formula is C26H28F2IN5O2. The van der Waals surface area contributed by atoms with Crippen molar-refractivity contribution in [3.63, 3.8) is 0 Å². The largest absolute Gasteiger partial charge is 0.391 e. The van der Waals surface area contributed by atoms with E-state index >= 15 is 0 Å². The lowest BCUT2D eigenvalue weighted by atomic mass is 9.90. The molecule has 3 fully saturated rings. The number of nitrogens with zero attached hydrogens (tertiary/aromatic N) is 4. The van der Waals surface area contributed by atoms with Crippen molar-refractivity contribution in [3.8, 4) is 0 Å². The number of rotatable bonds is 4. The van der Waals surface area contributed by atoms with Crippen LogP contribution in [0.25, 0.3) is 5.65 Å². The minimum atomic E-state index is -2.64. The number of alkyl halides is 2. The highest BCUT2D eigenvalue weighted by Crippen LogP contribution is 2.54. The van der Waals surface area contributed by atoms with Crippen molar-refractivity contribution in [1.29, 1.82) is 0 Å². The van der Waals surface area contributed by atoms with Crippen LogP contribution in [0.4, 0.5) is 25.8 Å². The van der Waals surface area contributed by atoms with E-state index in [-0.39, 0.29) is 43.4 Å². The molecule has 1 spiro atoms. The van der Waals surface area contributed by atoms with Gasteiger partial charge in [-0.3, -0.25) is 4.79 Å². The average Bonchev–Trinajstić information content (AvgIpc) is 3.47. The number of pyridine rings is 1. The molecule has 3 aliphatic rings. The summed E-state index contributed by atoms with van der Waals surface area (Å²) in [4.78, 5) is 22.0. The van der Waals surface area contributed by atoms with Gasteiger partial charge in [0.1, 0.15) is 0 Å². The first-order chi connectivity index (χ1) is 17.2. The number of anilines is 3. The number of fused-ring (bicyclic) bond motifs is 1. The van der Waals surface area contributed by atoms with E-state index in [2.05, 4.69) is 37.8 Å². The molecule has 10 heteroatoms. The van der Waals surface area contributed by atoms with E-state index in [9.17, 15) is 18.7 Å². The molecule has 1 saturated carbocycles. The molecule has 36 heavy (non-hydrogen) atoms. The highest BCUT2D eigenvalue weighted by atomic mass is 127. The number of hydrogen-bond donors (Lipinski definition) is 2. The Kier molecular flexibility index (Phi) is 5.86. The third kappa shape index (κ3) is 4.42. The predicted octanol–water partition coefficient (Wildman–Crippen LogP) is 4.78. The fourth-order valence-corrected chi connectivity index (χ4v) is 6.00. The van der Waals surface area contributed by atoms with Gasteiger partial charge < -0.3 is 24.6 Å². The number of β-amino-alcohol motifs (C(OH)–C–C–N with tert-alkyl or cyclic N) is 1. The van der Waals surface area contributed by atoms with Crippen LogP contribution in [0.3, 0.4) is 0 Å². The Morgan fingerprint density at radius 3 is 2.53 bits per heavy atom. The standard InChI is InChI=1S/C26H28F2IN5O2/c27-26(28)6-10-32(11-7-26)21-14-18(15-34-12-8-30-23(21)34)31-24(36)19-2-1-17(29)13-20(19)33-9-5-25(3-4-25)22(35)16-33/h1-2,8,12-15,22,35H,3-7,9-11,16H2,(H,31,36). The number of benzene rings is 1. The molecule has 1 aliphatic carbocycles. The van der Waals surface area contributed by atoms with E-state index in [0.29, 0.717) is 23.4 Å². The van der Waals surface area contributed by atoms with Gasteiger partial charge in [0.25, 0.3) is 11.8 Å². The van der Waals surface area contributed by atoms with Crippen LogP contribution in [0.5, 0.6) is 0 Å². The van der Waals surface area contributed by atoms with E-state index in [4.69, 9.17) is 0 Å². The van der Waals surface area contributed by atoms with Crippen molar-refractivity contribution < 1.29 is 18.7 Å². The smallest absolute Gasteiger partial charge is 0.257 e. The molecule has 2 aliphatic heterocycles. The summed E-state index contributed by atoms with van der Waals surface area (Å²) in [7, 11) is 0. The van der Waals surface area contributed by atoms with Crippen molar-refractivity contribution >= 4 is 51.2 Å². The number of piperidine rings is 2. The first-order valence-electron chi connectivity index (χ1n) is 12.4. The fourth-order valence-electron chi connectivity index (χ4n) is 5.53. The first kappa shape index (κ1) is 23.9. The third-order valence-electron chi connectivity index (χ3n) is 7.98. The van der Waals surface area contributed by atoms with Crippen LogP contribution in [0, 0.1) is 8.99 Å². The first-order valence-corrected chi connectivity index (χ1v) is 13.4. The monoisotopic (exact) mass is 607 g/mol. The maximum atomic E-state index is 13.8. The van der Waals surface area contributed by atoms with Crippen LogP contribution in [0.2, 0.25) is 0 Å². The van der Waals surface area contributed by atoms with Crippen molar-refractivity contribution in [3.05, 3.63) is 52.0 Å². The van der Waals surface area contributed by atoms with Crippen molar-refractivity contribution in [2.75, 3.05) is 41.3 Å². The van der Waals surface area contributed by atoms with Crippen molar-refractivity contribution in [2.24, 2.45) is 5.41 Å². The molecular weight excluding hydrogens is 579 g/mol. The molecule has 6 rings (SSSR count). The summed E-state index contributed by atoms with van der Waals surface area (Å²) in [6.07, 6.45) is 7.53.